The molecule has 23 heavy (non-hydrogen) atoms. The summed E-state index contributed by atoms with van der Waals surface area (Å²) in [6.45, 7) is 4.05. The molecule has 3 N–H and O–H groups in total. The number of amides is 2. The van der Waals surface area contributed by atoms with Gasteiger partial charge in [-0.15, -0.1) is 11.3 Å². The highest BCUT2D eigenvalue weighted by Gasteiger charge is 2.18. The second-order valence-corrected chi connectivity index (χ2v) is 8.26. The van der Waals surface area contributed by atoms with Crippen molar-refractivity contribution in [2.45, 2.75) is 18.1 Å². The Morgan fingerprint density at radius 2 is 1.96 bits per heavy atom. The van der Waals surface area contributed by atoms with Crippen molar-refractivity contribution in [3.63, 3.8) is 0 Å². The molecule has 0 unspecified atom stereocenters. The summed E-state index contributed by atoms with van der Waals surface area (Å²) in [7, 11) is -3.71. The van der Waals surface area contributed by atoms with Crippen LogP contribution >= 0.6 is 22.9 Å². The molecule has 1 aromatic heterocycles. The van der Waals surface area contributed by atoms with Crippen molar-refractivity contribution in [3.8, 4) is 0 Å². The van der Waals surface area contributed by atoms with E-state index in [0.29, 0.717) is 27.8 Å². The van der Waals surface area contributed by atoms with Crippen LogP contribution in [0.1, 0.15) is 12.5 Å². The molecule has 6 nitrogen and oxygen atoms in total. The molecule has 0 bridgehead atoms. The Kier molecular flexibility index (Phi) is 5.51. The summed E-state index contributed by atoms with van der Waals surface area (Å²) < 4.78 is 27.7. The number of halogens is 1. The van der Waals surface area contributed by atoms with Gasteiger partial charge in [0.05, 0.1) is 10.0 Å². The van der Waals surface area contributed by atoms with Gasteiger partial charge in [0.25, 0.3) is 10.0 Å². The summed E-state index contributed by atoms with van der Waals surface area (Å²) in [6, 6.07) is 7.61. The van der Waals surface area contributed by atoms with Gasteiger partial charge in [-0.1, -0.05) is 17.7 Å². The zero-order valence-electron chi connectivity index (χ0n) is 12.5. The number of thiophene rings is 1. The van der Waals surface area contributed by atoms with Crippen molar-refractivity contribution in [1.29, 1.82) is 0 Å². The van der Waals surface area contributed by atoms with Gasteiger partial charge in [-0.3, -0.25) is 4.72 Å². The van der Waals surface area contributed by atoms with Gasteiger partial charge in [-0.05, 0) is 43.7 Å². The predicted octanol–water partition coefficient (Wildman–Crippen LogP) is 3.65. The highest BCUT2D eigenvalue weighted by Crippen LogP contribution is 2.31. The molecule has 0 saturated carbocycles. The Labute approximate surface area is 143 Å². The molecule has 1 heterocycles. The van der Waals surface area contributed by atoms with E-state index >= 15 is 0 Å². The molecule has 0 spiro atoms. The number of rotatable bonds is 5. The quantitative estimate of drug-likeness (QED) is 0.747. The van der Waals surface area contributed by atoms with Crippen molar-refractivity contribution in [1.82, 2.24) is 5.32 Å². The van der Waals surface area contributed by atoms with Crippen LogP contribution in [0.15, 0.2) is 34.5 Å². The van der Waals surface area contributed by atoms with E-state index < -0.39 is 10.0 Å². The lowest BCUT2D eigenvalue weighted by Crippen LogP contribution is -2.28. The average Bonchev–Trinajstić information content (AvgIpc) is 2.79. The van der Waals surface area contributed by atoms with E-state index in [-0.39, 0.29) is 10.2 Å². The van der Waals surface area contributed by atoms with Crippen molar-refractivity contribution in [2.24, 2.45) is 0 Å². The second-order valence-electron chi connectivity index (χ2n) is 4.69. The first-order valence-electron chi connectivity index (χ1n) is 6.75. The molecule has 0 aliphatic carbocycles. The van der Waals surface area contributed by atoms with E-state index in [9.17, 15) is 13.2 Å². The largest absolute Gasteiger partial charge is 0.338 e. The number of aryl methyl sites for hydroxylation is 1. The van der Waals surface area contributed by atoms with E-state index in [0.717, 1.165) is 11.3 Å². The number of hydrogen-bond donors (Lipinski definition) is 3. The van der Waals surface area contributed by atoms with Crippen LogP contribution in [0.4, 0.5) is 16.2 Å². The minimum atomic E-state index is -3.71. The molecule has 1 aromatic carbocycles. The number of hydrogen-bond acceptors (Lipinski definition) is 4. The minimum Gasteiger partial charge on any atom is -0.338 e. The number of carbonyl (C=O) groups excluding carboxylic acids is 1. The van der Waals surface area contributed by atoms with E-state index in [1.54, 1.807) is 32.0 Å². The Bertz CT molecular complexity index is 799. The van der Waals surface area contributed by atoms with Gasteiger partial charge in [0, 0.05) is 12.2 Å². The lowest BCUT2D eigenvalue weighted by molar-refractivity contribution is 0.252. The molecule has 9 heteroatoms. The Morgan fingerprint density at radius 1 is 1.26 bits per heavy atom. The van der Waals surface area contributed by atoms with Crippen LogP contribution in [0.5, 0.6) is 0 Å². The van der Waals surface area contributed by atoms with Crippen LogP contribution in [0.3, 0.4) is 0 Å². The molecule has 2 rings (SSSR count). The zero-order valence-corrected chi connectivity index (χ0v) is 14.9. The molecule has 0 fully saturated rings. The number of benzene rings is 1. The fourth-order valence-electron chi connectivity index (χ4n) is 1.77. The smallest absolute Gasteiger partial charge is 0.319 e. The lowest BCUT2D eigenvalue weighted by atomic mass is 10.3. The summed E-state index contributed by atoms with van der Waals surface area (Å²) in [5.74, 6) is 0. The third kappa shape index (κ3) is 4.60. The third-order valence-corrected chi connectivity index (χ3v) is 6.22. The summed E-state index contributed by atoms with van der Waals surface area (Å²) >= 11 is 6.92. The molecule has 0 atom stereocenters. The fourth-order valence-corrected chi connectivity index (χ4v) is 4.52. The van der Waals surface area contributed by atoms with E-state index in [1.807, 2.05) is 0 Å². The highest BCUT2D eigenvalue weighted by atomic mass is 35.5. The van der Waals surface area contributed by atoms with Gasteiger partial charge in [-0.25, -0.2) is 13.2 Å². The van der Waals surface area contributed by atoms with Crippen LogP contribution in [0, 0.1) is 6.92 Å². The third-order valence-electron chi connectivity index (χ3n) is 2.81. The standard InChI is InChI=1S/C14H16ClN3O3S2/c1-3-16-14(19)17-10-5-4-6-11(8-10)18-23(20,21)12-7-9(2)13(15)22-12/h4-8,18H,3H2,1-2H3,(H2,16,17,19). The van der Waals surface area contributed by atoms with Crippen molar-refractivity contribution < 1.29 is 13.2 Å². The summed E-state index contributed by atoms with van der Waals surface area (Å²) in [4.78, 5) is 11.5. The molecule has 0 radical (unpaired) electrons. The van der Waals surface area contributed by atoms with Gasteiger partial charge < -0.3 is 10.6 Å². The maximum Gasteiger partial charge on any atom is 0.319 e. The molecule has 2 amide bonds. The Hall–Kier alpha value is -1.77. The fraction of sp³-hybridized carbons (Fsp3) is 0.214. The Balaban J connectivity index is 2.18. The number of nitrogens with one attached hydrogen (secondary N) is 3. The first kappa shape index (κ1) is 17.6. The lowest BCUT2D eigenvalue weighted by Gasteiger charge is -2.09. The van der Waals surface area contributed by atoms with Crippen LogP contribution in [0.25, 0.3) is 0 Å². The predicted molar refractivity (Wildman–Crippen MR) is 94.0 cm³/mol. The topological polar surface area (TPSA) is 87.3 Å². The summed E-state index contributed by atoms with van der Waals surface area (Å²) in [6.07, 6.45) is 0. The normalized spacial score (nSPS) is 11.1. The van der Waals surface area contributed by atoms with Crippen LogP contribution in [-0.4, -0.2) is 21.0 Å². The van der Waals surface area contributed by atoms with Crippen molar-refractivity contribution >= 4 is 50.4 Å². The average molecular weight is 374 g/mol. The van der Waals surface area contributed by atoms with Crippen LogP contribution in [0.2, 0.25) is 4.34 Å². The maximum absolute atomic E-state index is 12.3. The number of anilines is 2. The molecular formula is C14H16ClN3O3S2. The molecule has 0 aliphatic heterocycles. The molecule has 0 aliphatic rings. The van der Waals surface area contributed by atoms with Crippen molar-refractivity contribution in [3.05, 3.63) is 40.2 Å². The maximum atomic E-state index is 12.3. The van der Waals surface area contributed by atoms with Gasteiger partial charge in [-0.2, -0.15) is 0 Å². The van der Waals surface area contributed by atoms with Crippen LogP contribution < -0.4 is 15.4 Å². The van der Waals surface area contributed by atoms with E-state index in [4.69, 9.17) is 11.6 Å². The first-order chi connectivity index (χ1) is 10.8. The second kappa shape index (κ2) is 7.20. The van der Waals surface area contributed by atoms with E-state index in [1.165, 1.54) is 12.1 Å². The number of carbonyl (C=O) groups is 1. The van der Waals surface area contributed by atoms with Gasteiger partial charge in [0.2, 0.25) is 0 Å². The SMILES string of the molecule is CCNC(=O)Nc1cccc(NS(=O)(=O)c2cc(C)c(Cl)s2)c1. The minimum absolute atomic E-state index is 0.141. The highest BCUT2D eigenvalue weighted by molar-refractivity contribution is 7.94. The van der Waals surface area contributed by atoms with Gasteiger partial charge in [0.15, 0.2) is 0 Å². The molecular weight excluding hydrogens is 358 g/mol. The Morgan fingerprint density at radius 3 is 2.57 bits per heavy atom. The molecule has 124 valence electrons. The van der Waals surface area contributed by atoms with Gasteiger partial charge in [0.1, 0.15) is 4.21 Å². The van der Waals surface area contributed by atoms with Crippen molar-refractivity contribution in [2.75, 3.05) is 16.6 Å². The first-order valence-corrected chi connectivity index (χ1v) is 9.43. The monoisotopic (exact) mass is 373 g/mol. The number of urea groups is 1. The molecule has 2 aromatic rings. The molecule has 0 saturated heterocycles. The number of sulfonamides is 1. The summed E-state index contributed by atoms with van der Waals surface area (Å²) in [5.41, 5.74) is 1.54. The summed E-state index contributed by atoms with van der Waals surface area (Å²) in [5, 5.41) is 5.21. The van der Waals surface area contributed by atoms with Crippen LogP contribution in [-0.2, 0) is 10.0 Å². The zero-order chi connectivity index (χ0) is 17.0. The van der Waals surface area contributed by atoms with E-state index in [2.05, 4.69) is 15.4 Å². The van der Waals surface area contributed by atoms with Gasteiger partial charge >= 0.3 is 6.03 Å².